The topological polar surface area (TPSA) is 72.0 Å². The minimum Gasteiger partial charge on any atom is -0.385 e. The molecule has 0 aliphatic carbocycles. The summed E-state index contributed by atoms with van der Waals surface area (Å²) in [5.41, 5.74) is 6.94. The summed E-state index contributed by atoms with van der Waals surface area (Å²) >= 11 is 1.48. The number of pyridine rings is 1. The molecule has 0 radical (unpaired) electrons. The zero-order valence-electron chi connectivity index (χ0n) is 8.00. The Bertz CT molecular complexity index is 429. The number of aliphatic hydroxyl groups is 1. The molecule has 3 N–H and O–H groups in total. The summed E-state index contributed by atoms with van der Waals surface area (Å²) in [7, 11) is 0. The van der Waals surface area contributed by atoms with Crippen LogP contribution in [0.2, 0.25) is 0 Å². The van der Waals surface area contributed by atoms with Crippen LogP contribution in [0.25, 0.3) is 10.6 Å². The Morgan fingerprint density at radius 3 is 3.07 bits per heavy atom. The smallest absolute Gasteiger partial charge is 0.125 e. The maximum Gasteiger partial charge on any atom is 0.125 e. The van der Waals surface area contributed by atoms with E-state index in [0.29, 0.717) is 5.69 Å². The molecular formula is C10H11N3OS. The first-order valence-corrected chi connectivity index (χ1v) is 5.43. The molecule has 0 fully saturated rings. The van der Waals surface area contributed by atoms with Crippen molar-refractivity contribution in [1.82, 2.24) is 9.97 Å². The number of rotatable bonds is 3. The first-order chi connectivity index (χ1) is 7.31. The molecule has 0 amide bonds. The van der Waals surface area contributed by atoms with Crippen molar-refractivity contribution in [3.63, 3.8) is 0 Å². The molecule has 0 bridgehead atoms. The van der Waals surface area contributed by atoms with Crippen molar-refractivity contribution in [2.45, 2.75) is 6.10 Å². The second kappa shape index (κ2) is 4.48. The van der Waals surface area contributed by atoms with Crippen molar-refractivity contribution in [1.29, 1.82) is 0 Å². The van der Waals surface area contributed by atoms with Crippen molar-refractivity contribution < 1.29 is 5.11 Å². The van der Waals surface area contributed by atoms with Gasteiger partial charge in [0.2, 0.25) is 0 Å². The quantitative estimate of drug-likeness (QED) is 0.816. The Hall–Kier alpha value is -1.30. The van der Waals surface area contributed by atoms with Crippen molar-refractivity contribution in [3.05, 3.63) is 35.6 Å². The van der Waals surface area contributed by atoms with E-state index in [1.165, 1.54) is 11.3 Å². The van der Waals surface area contributed by atoms with Gasteiger partial charge in [0.15, 0.2) is 0 Å². The Kier molecular flexibility index (Phi) is 3.05. The molecule has 0 saturated carbocycles. The van der Waals surface area contributed by atoms with Crippen molar-refractivity contribution in [2.75, 3.05) is 6.54 Å². The highest BCUT2D eigenvalue weighted by molar-refractivity contribution is 7.13. The van der Waals surface area contributed by atoms with E-state index in [4.69, 9.17) is 5.73 Å². The number of aromatic nitrogens is 2. The number of nitrogens with zero attached hydrogens (tertiary/aromatic N) is 2. The molecule has 15 heavy (non-hydrogen) atoms. The average molecular weight is 221 g/mol. The average Bonchev–Trinajstić information content (AvgIpc) is 2.78. The summed E-state index contributed by atoms with van der Waals surface area (Å²) in [6.45, 7) is 0.191. The summed E-state index contributed by atoms with van der Waals surface area (Å²) in [4.78, 5) is 8.31. The lowest BCUT2D eigenvalue weighted by Gasteiger charge is -2.01. The van der Waals surface area contributed by atoms with Crippen LogP contribution in [0.4, 0.5) is 0 Å². The lowest BCUT2D eigenvalue weighted by Crippen LogP contribution is -2.11. The SMILES string of the molecule is NCC(O)c1csc(-c2cccnc2)n1. The van der Waals surface area contributed by atoms with E-state index in [1.807, 2.05) is 17.5 Å². The highest BCUT2D eigenvalue weighted by atomic mass is 32.1. The van der Waals surface area contributed by atoms with Gasteiger partial charge in [-0.25, -0.2) is 4.98 Å². The molecule has 1 atom stereocenters. The van der Waals surface area contributed by atoms with Crippen molar-refractivity contribution >= 4 is 11.3 Å². The van der Waals surface area contributed by atoms with Gasteiger partial charge in [0.1, 0.15) is 11.1 Å². The van der Waals surface area contributed by atoms with Crippen LogP contribution in [0, 0.1) is 0 Å². The summed E-state index contributed by atoms with van der Waals surface area (Å²) in [5, 5.41) is 12.2. The largest absolute Gasteiger partial charge is 0.385 e. The Morgan fingerprint density at radius 1 is 1.53 bits per heavy atom. The van der Waals surface area contributed by atoms with E-state index in [9.17, 15) is 5.11 Å². The monoisotopic (exact) mass is 221 g/mol. The summed E-state index contributed by atoms with van der Waals surface area (Å²) in [6.07, 6.45) is 2.79. The van der Waals surface area contributed by atoms with Gasteiger partial charge in [-0.15, -0.1) is 11.3 Å². The van der Waals surface area contributed by atoms with E-state index in [-0.39, 0.29) is 6.54 Å². The number of hydrogen-bond acceptors (Lipinski definition) is 5. The van der Waals surface area contributed by atoms with Crippen LogP contribution in [-0.2, 0) is 0 Å². The van der Waals surface area contributed by atoms with Gasteiger partial charge in [-0.3, -0.25) is 4.98 Å². The van der Waals surface area contributed by atoms with E-state index in [0.717, 1.165) is 10.6 Å². The molecular weight excluding hydrogens is 210 g/mol. The molecule has 2 heterocycles. The van der Waals surface area contributed by atoms with E-state index < -0.39 is 6.10 Å². The molecule has 2 aromatic heterocycles. The molecule has 5 heteroatoms. The maximum absolute atomic E-state index is 9.49. The van der Waals surface area contributed by atoms with Gasteiger partial charge >= 0.3 is 0 Å². The minimum atomic E-state index is -0.674. The third-order valence-electron chi connectivity index (χ3n) is 2.00. The lowest BCUT2D eigenvalue weighted by atomic mass is 10.3. The normalized spacial score (nSPS) is 12.7. The molecule has 2 aromatic rings. The predicted octanol–water partition coefficient (Wildman–Crippen LogP) is 1.20. The highest BCUT2D eigenvalue weighted by Crippen LogP contribution is 2.24. The van der Waals surface area contributed by atoms with Crippen LogP contribution >= 0.6 is 11.3 Å². The Morgan fingerprint density at radius 2 is 2.40 bits per heavy atom. The maximum atomic E-state index is 9.49. The molecule has 0 aromatic carbocycles. The molecule has 0 aliphatic heterocycles. The number of hydrogen-bond donors (Lipinski definition) is 2. The van der Waals surface area contributed by atoms with E-state index >= 15 is 0 Å². The minimum absolute atomic E-state index is 0.191. The van der Waals surface area contributed by atoms with Gasteiger partial charge in [-0.05, 0) is 12.1 Å². The van der Waals surface area contributed by atoms with Crippen LogP contribution < -0.4 is 5.73 Å². The van der Waals surface area contributed by atoms with E-state index in [2.05, 4.69) is 9.97 Å². The number of thiazole rings is 1. The van der Waals surface area contributed by atoms with Gasteiger partial charge in [0, 0.05) is 29.9 Å². The third-order valence-corrected chi connectivity index (χ3v) is 2.90. The lowest BCUT2D eigenvalue weighted by molar-refractivity contribution is 0.182. The fourth-order valence-electron chi connectivity index (χ4n) is 1.18. The van der Waals surface area contributed by atoms with Gasteiger partial charge in [0.25, 0.3) is 0 Å². The molecule has 0 saturated heterocycles. The summed E-state index contributed by atoms with van der Waals surface area (Å²) in [5.74, 6) is 0. The fourth-order valence-corrected chi connectivity index (χ4v) is 2.04. The molecule has 1 unspecified atom stereocenters. The number of aliphatic hydroxyl groups excluding tert-OH is 1. The van der Waals surface area contributed by atoms with Gasteiger partial charge in [-0.2, -0.15) is 0 Å². The van der Waals surface area contributed by atoms with E-state index in [1.54, 1.807) is 12.4 Å². The first kappa shape index (κ1) is 10.2. The standard InChI is InChI=1S/C10H11N3OS/c11-4-9(14)8-6-15-10(13-8)7-2-1-3-12-5-7/h1-3,5-6,9,14H,4,11H2. The third kappa shape index (κ3) is 2.20. The second-order valence-electron chi connectivity index (χ2n) is 3.07. The van der Waals surface area contributed by atoms with Gasteiger partial charge in [-0.1, -0.05) is 0 Å². The molecule has 0 aliphatic rings. The number of nitrogens with two attached hydrogens (primary N) is 1. The summed E-state index contributed by atoms with van der Waals surface area (Å²) < 4.78 is 0. The van der Waals surface area contributed by atoms with Crippen molar-refractivity contribution in [2.24, 2.45) is 5.73 Å². The molecule has 0 spiro atoms. The molecule has 4 nitrogen and oxygen atoms in total. The van der Waals surface area contributed by atoms with Crippen LogP contribution in [0.15, 0.2) is 29.9 Å². The van der Waals surface area contributed by atoms with Crippen LogP contribution in [0.5, 0.6) is 0 Å². The summed E-state index contributed by atoms with van der Waals surface area (Å²) in [6, 6.07) is 3.79. The second-order valence-corrected chi connectivity index (χ2v) is 3.93. The van der Waals surface area contributed by atoms with Crippen LogP contribution in [0.3, 0.4) is 0 Å². The van der Waals surface area contributed by atoms with Gasteiger partial charge in [0.05, 0.1) is 5.69 Å². The van der Waals surface area contributed by atoms with Crippen LogP contribution in [-0.4, -0.2) is 21.6 Å². The molecule has 78 valence electrons. The highest BCUT2D eigenvalue weighted by Gasteiger charge is 2.10. The molecule has 2 rings (SSSR count). The predicted molar refractivity (Wildman–Crippen MR) is 59.4 cm³/mol. The fraction of sp³-hybridized carbons (Fsp3) is 0.200. The van der Waals surface area contributed by atoms with Crippen LogP contribution in [0.1, 0.15) is 11.8 Å². The zero-order valence-corrected chi connectivity index (χ0v) is 8.81. The zero-order chi connectivity index (χ0) is 10.7. The van der Waals surface area contributed by atoms with Gasteiger partial charge < -0.3 is 10.8 Å². The van der Waals surface area contributed by atoms with Crippen molar-refractivity contribution in [3.8, 4) is 10.6 Å². The Labute approximate surface area is 91.4 Å². The Balaban J connectivity index is 2.28. The first-order valence-electron chi connectivity index (χ1n) is 4.55.